The Morgan fingerprint density at radius 2 is 1.32 bits per heavy atom. The Morgan fingerprint density at radius 3 is 1.80 bits per heavy atom. The number of aryl methyl sites for hydroxylation is 2. The van der Waals surface area contributed by atoms with E-state index in [-0.39, 0.29) is 5.91 Å². The standard InChI is InChI=1S/C20H20N4O/c1-14-13-15(2)22-20(21-14)24-23-19(25)18(16-9-5-3-6-10-16)17-11-7-4-8-12-17/h3-13,18H,1-2H3,(H,23,25)(H,21,22,24). The van der Waals surface area contributed by atoms with Crippen molar-refractivity contribution in [3.63, 3.8) is 0 Å². The molecule has 5 nitrogen and oxygen atoms in total. The Bertz CT molecular complexity index is 790. The minimum atomic E-state index is -0.416. The predicted molar refractivity (Wildman–Crippen MR) is 98.0 cm³/mol. The maximum absolute atomic E-state index is 12.9. The molecule has 1 heterocycles. The van der Waals surface area contributed by atoms with Gasteiger partial charge in [0.05, 0.1) is 5.92 Å². The van der Waals surface area contributed by atoms with Gasteiger partial charge in [-0.15, -0.1) is 0 Å². The summed E-state index contributed by atoms with van der Waals surface area (Å²) in [6.07, 6.45) is 0. The molecule has 0 fully saturated rings. The molecule has 3 rings (SSSR count). The van der Waals surface area contributed by atoms with Crippen LogP contribution in [0.25, 0.3) is 0 Å². The van der Waals surface area contributed by atoms with Gasteiger partial charge in [0.15, 0.2) is 0 Å². The SMILES string of the molecule is Cc1cc(C)nc(NNC(=O)C(c2ccccc2)c2ccccc2)n1. The fraction of sp³-hybridized carbons (Fsp3) is 0.150. The summed E-state index contributed by atoms with van der Waals surface area (Å²) in [5.41, 5.74) is 9.09. The number of benzene rings is 2. The molecule has 2 N–H and O–H groups in total. The molecule has 1 amide bonds. The summed E-state index contributed by atoms with van der Waals surface area (Å²) in [5.74, 6) is -0.202. The third-order valence-electron chi connectivity index (χ3n) is 3.81. The molecule has 2 aromatic carbocycles. The van der Waals surface area contributed by atoms with E-state index in [1.165, 1.54) is 0 Å². The van der Waals surface area contributed by atoms with E-state index in [4.69, 9.17) is 0 Å². The second-order valence-electron chi connectivity index (χ2n) is 5.84. The van der Waals surface area contributed by atoms with Crippen LogP contribution < -0.4 is 10.9 Å². The minimum Gasteiger partial charge on any atom is -0.272 e. The van der Waals surface area contributed by atoms with Crippen LogP contribution in [0, 0.1) is 13.8 Å². The third kappa shape index (κ3) is 4.20. The van der Waals surface area contributed by atoms with Gasteiger partial charge in [-0.3, -0.25) is 15.6 Å². The van der Waals surface area contributed by atoms with Crippen molar-refractivity contribution in [3.05, 3.63) is 89.2 Å². The molecule has 5 heteroatoms. The number of rotatable bonds is 5. The lowest BCUT2D eigenvalue weighted by Crippen LogP contribution is -2.35. The molecule has 1 aromatic heterocycles. The van der Waals surface area contributed by atoms with Crippen molar-refractivity contribution in [1.82, 2.24) is 15.4 Å². The lowest BCUT2D eigenvalue weighted by molar-refractivity contribution is -0.121. The molecule has 0 radical (unpaired) electrons. The lowest BCUT2D eigenvalue weighted by Gasteiger charge is -2.18. The van der Waals surface area contributed by atoms with Crippen LogP contribution in [0.1, 0.15) is 28.4 Å². The van der Waals surface area contributed by atoms with E-state index in [0.717, 1.165) is 22.5 Å². The normalized spacial score (nSPS) is 10.5. The van der Waals surface area contributed by atoms with Gasteiger partial charge in [-0.25, -0.2) is 9.97 Å². The summed E-state index contributed by atoms with van der Waals surface area (Å²) >= 11 is 0. The van der Waals surface area contributed by atoms with Crippen LogP contribution in [-0.4, -0.2) is 15.9 Å². The molecule has 0 spiro atoms. The van der Waals surface area contributed by atoms with Crippen LogP contribution in [0.5, 0.6) is 0 Å². The van der Waals surface area contributed by atoms with E-state index in [1.54, 1.807) is 0 Å². The Kier molecular flexibility index (Phi) is 5.04. The average Bonchev–Trinajstić information content (AvgIpc) is 2.61. The summed E-state index contributed by atoms with van der Waals surface area (Å²) < 4.78 is 0. The number of anilines is 1. The molecule has 0 bridgehead atoms. The maximum atomic E-state index is 12.9. The largest absolute Gasteiger partial charge is 0.272 e. The summed E-state index contributed by atoms with van der Waals surface area (Å²) in [6.45, 7) is 3.77. The van der Waals surface area contributed by atoms with Crippen molar-refractivity contribution in [1.29, 1.82) is 0 Å². The molecule has 3 aromatic rings. The van der Waals surface area contributed by atoms with Crippen molar-refractivity contribution in [2.45, 2.75) is 19.8 Å². The van der Waals surface area contributed by atoms with E-state index < -0.39 is 5.92 Å². The summed E-state index contributed by atoms with van der Waals surface area (Å²) in [6, 6.07) is 21.3. The van der Waals surface area contributed by atoms with Gasteiger partial charge in [0, 0.05) is 11.4 Å². The highest BCUT2D eigenvalue weighted by molar-refractivity contribution is 5.87. The first-order chi connectivity index (χ1) is 12.1. The van der Waals surface area contributed by atoms with Crippen LogP contribution in [0.4, 0.5) is 5.95 Å². The van der Waals surface area contributed by atoms with Crippen molar-refractivity contribution >= 4 is 11.9 Å². The summed E-state index contributed by atoms with van der Waals surface area (Å²) in [4.78, 5) is 21.4. The maximum Gasteiger partial charge on any atom is 0.250 e. The smallest absolute Gasteiger partial charge is 0.250 e. The molecular weight excluding hydrogens is 312 g/mol. The zero-order chi connectivity index (χ0) is 17.6. The second kappa shape index (κ2) is 7.57. The van der Waals surface area contributed by atoms with Crippen LogP contribution in [0.3, 0.4) is 0 Å². The molecule has 0 aliphatic rings. The average molecular weight is 332 g/mol. The molecule has 0 saturated carbocycles. The number of hydrogen-bond acceptors (Lipinski definition) is 4. The molecular formula is C20H20N4O. The van der Waals surface area contributed by atoms with Crippen molar-refractivity contribution in [3.8, 4) is 0 Å². The molecule has 0 aliphatic carbocycles. The Balaban J connectivity index is 1.82. The number of amides is 1. The molecule has 25 heavy (non-hydrogen) atoms. The van der Waals surface area contributed by atoms with Crippen molar-refractivity contribution < 1.29 is 4.79 Å². The van der Waals surface area contributed by atoms with Crippen molar-refractivity contribution in [2.75, 3.05) is 5.43 Å². The fourth-order valence-corrected chi connectivity index (χ4v) is 2.76. The monoisotopic (exact) mass is 332 g/mol. The molecule has 0 aliphatic heterocycles. The number of aromatic nitrogens is 2. The first-order valence-electron chi connectivity index (χ1n) is 8.11. The molecule has 0 unspecified atom stereocenters. The van der Waals surface area contributed by atoms with Gasteiger partial charge in [-0.05, 0) is 31.0 Å². The highest BCUT2D eigenvalue weighted by atomic mass is 16.2. The molecule has 0 atom stereocenters. The van der Waals surface area contributed by atoms with Crippen LogP contribution >= 0.6 is 0 Å². The topological polar surface area (TPSA) is 66.9 Å². The van der Waals surface area contributed by atoms with Gasteiger partial charge in [0.25, 0.3) is 0 Å². The Hall–Kier alpha value is -3.21. The van der Waals surface area contributed by atoms with Crippen LogP contribution in [-0.2, 0) is 4.79 Å². The fourth-order valence-electron chi connectivity index (χ4n) is 2.76. The number of hydrogen-bond donors (Lipinski definition) is 2. The van der Waals surface area contributed by atoms with E-state index in [2.05, 4.69) is 20.8 Å². The van der Waals surface area contributed by atoms with Gasteiger partial charge in [0.1, 0.15) is 0 Å². The van der Waals surface area contributed by atoms with Gasteiger partial charge < -0.3 is 0 Å². The quantitative estimate of drug-likeness (QED) is 0.703. The zero-order valence-corrected chi connectivity index (χ0v) is 14.2. The number of carbonyl (C=O) groups is 1. The summed E-state index contributed by atoms with van der Waals surface area (Å²) in [5, 5.41) is 0. The van der Waals surface area contributed by atoms with E-state index in [1.807, 2.05) is 80.6 Å². The number of hydrazine groups is 1. The molecule has 126 valence electrons. The van der Waals surface area contributed by atoms with Crippen molar-refractivity contribution in [2.24, 2.45) is 0 Å². The first kappa shape index (κ1) is 16.6. The van der Waals surface area contributed by atoms with E-state index in [9.17, 15) is 4.79 Å². The van der Waals surface area contributed by atoms with Gasteiger partial charge in [-0.1, -0.05) is 60.7 Å². The number of nitrogens with zero attached hydrogens (tertiary/aromatic N) is 2. The Labute approximate surface area is 147 Å². The van der Waals surface area contributed by atoms with Crippen LogP contribution in [0.2, 0.25) is 0 Å². The molecule has 0 saturated heterocycles. The van der Waals surface area contributed by atoms with Gasteiger partial charge >= 0.3 is 0 Å². The second-order valence-corrected chi connectivity index (χ2v) is 5.84. The highest BCUT2D eigenvalue weighted by Gasteiger charge is 2.22. The minimum absolute atomic E-state index is 0.167. The zero-order valence-electron chi connectivity index (χ0n) is 14.2. The summed E-state index contributed by atoms with van der Waals surface area (Å²) in [7, 11) is 0. The number of nitrogens with one attached hydrogen (secondary N) is 2. The van der Waals surface area contributed by atoms with E-state index >= 15 is 0 Å². The number of carbonyl (C=O) groups excluding carboxylic acids is 1. The van der Waals surface area contributed by atoms with Gasteiger partial charge in [0.2, 0.25) is 11.9 Å². The van der Waals surface area contributed by atoms with E-state index in [0.29, 0.717) is 5.95 Å². The third-order valence-corrected chi connectivity index (χ3v) is 3.81. The van der Waals surface area contributed by atoms with Gasteiger partial charge in [-0.2, -0.15) is 0 Å². The highest BCUT2D eigenvalue weighted by Crippen LogP contribution is 2.24. The lowest BCUT2D eigenvalue weighted by atomic mass is 9.91. The first-order valence-corrected chi connectivity index (χ1v) is 8.11. The Morgan fingerprint density at radius 1 is 0.840 bits per heavy atom. The van der Waals surface area contributed by atoms with Crippen LogP contribution in [0.15, 0.2) is 66.7 Å². The predicted octanol–water partition coefficient (Wildman–Crippen LogP) is 3.37.